The number of amides is 1. The van der Waals surface area contributed by atoms with Crippen LogP contribution < -0.4 is 5.32 Å². The zero-order chi connectivity index (χ0) is 81.0. The molecular weight excluding hydrogens is 1420 g/mol. The number of nitrogens with one attached hydrogen (secondary N) is 1. The molecule has 662 valence electrons. The molecule has 0 radical (unpaired) electrons. The Labute approximate surface area is 683 Å². The molecule has 3 fully saturated rings. The van der Waals surface area contributed by atoms with Gasteiger partial charge in [0.1, 0.15) is 73.2 Å². The first-order valence-corrected chi connectivity index (χ1v) is 47.6. The lowest BCUT2D eigenvalue weighted by molar-refractivity contribution is -0.379. The maximum atomic E-state index is 13.5. The number of ether oxygens (including phenoxy) is 6. The van der Waals surface area contributed by atoms with Crippen LogP contribution in [0.15, 0.2) is 24.3 Å². The molecule has 0 saturated carbocycles. The topological polar surface area (TPSA) is 307 Å². The molecule has 0 bridgehead atoms. The minimum Gasteiger partial charge on any atom is -0.394 e. The molecule has 1 amide bonds. The largest absolute Gasteiger partial charge is 0.394 e. The monoisotopic (exact) mass is 1600 g/mol. The van der Waals surface area contributed by atoms with E-state index >= 15 is 0 Å². The second-order valence-corrected chi connectivity index (χ2v) is 34.2. The van der Waals surface area contributed by atoms with Gasteiger partial charge in [0, 0.05) is 6.42 Å². The van der Waals surface area contributed by atoms with Gasteiger partial charge in [0.15, 0.2) is 18.9 Å². The molecule has 12 N–H and O–H groups in total. The van der Waals surface area contributed by atoms with Gasteiger partial charge in [-0.15, -0.1) is 0 Å². The van der Waals surface area contributed by atoms with E-state index in [0.29, 0.717) is 12.8 Å². The van der Waals surface area contributed by atoms with E-state index in [0.717, 1.165) is 38.5 Å². The van der Waals surface area contributed by atoms with Crippen molar-refractivity contribution in [2.75, 3.05) is 26.4 Å². The summed E-state index contributed by atoms with van der Waals surface area (Å²) in [6.07, 6.45) is 66.5. The number of carbonyl (C=O) groups is 1. The molecule has 3 aliphatic rings. The van der Waals surface area contributed by atoms with Crippen molar-refractivity contribution in [1.82, 2.24) is 5.32 Å². The highest BCUT2D eigenvalue weighted by atomic mass is 16.8. The van der Waals surface area contributed by atoms with E-state index in [4.69, 9.17) is 28.4 Å². The molecule has 3 rings (SSSR count). The second-order valence-electron chi connectivity index (χ2n) is 34.2. The van der Waals surface area contributed by atoms with Crippen molar-refractivity contribution in [3.05, 3.63) is 24.3 Å². The lowest BCUT2D eigenvalue weighted by Gasteiger charge is -2.48. The van der Waals surface area contributed by atoms with Gasteiger partial charge in [-0.1, -0.05) is 417 Å². The van der Waals surface area contributed by atoms with Crippen LogP contribution in [-0.2, 0) is 33.2 Å². The lowest BCUT2D eigenvalue weighted by Crippen LogP contribution is -2.66. The predicted molar refractivity (Wildman–Crippen MR) is 453 cm³/mol. The Bertz CT molecular complexity index is 2110. The van der Waals surface area contributed by atoms with Crippen LogP contribution in [0.2, 0.25) is 0 Å². The number of hydrogen-bond donors (Lipinski definition) is 12. The molecule has 0 aromatic heterocycles. The Kier molecular flexibility index (Phi) is 68.3. The van der Waals surface area contributed by atoms with Gasteiger partial charge in [-0.2, -0.15) is 0 Å². The van der Waals surface area contributed by atoms with Crippen molar-refractivity contribution < 1.29 is 89.4 Å². The van der Waals surface area contributed by atoms with Gasteiger partial charge in [-0.05, 0) is 32.1 Å². The number of allylic oxidation sites excluding steroid dienone is 3. The molecule has 19 nitrogen and oxygen atoms in total. The molecule has 0 spiro atoms. The maximum absolute atomic E-state index is 13.5. The summed E-state index contributed by atoms with van der Waals surface area (Å²) in [5.74, 6) is -0.275. The molecule has 0 aromatic carbocycles. The number of rotatable bonds is 79. The van der Waals surface area contributed by atoms with E-state index in [2.05, 4.69) is 31.3 Å². The van der Waals surface area contributed by atoms with Crippen LogP contribution in [0.3, 0.4) is 0 Å². The van der Waals surface area contributed by atoms with Crippen molar-refractivity contribution in [2.24, 2.45) is 0 Å². The number of unbranched alkanes of at least 4 members (excludes halogenated alkanes) is 61. The van der Waals surface area contributed by atoms with Gasteiger partial charge in [-0.3, -0.25) is 4.79 Å². The van der Waals surface area contributed by atoms with Crippen molar-refractivity contribution in [3.8, 4) is 0 Å². The summed E-state index contributed by atoms with van der Waals surface area (Å²) in [6.45, 7) is 1.80. The summed E-state index contributed by atoms with van der Waals surface area (Å²) in [7, 11) is 0. The average molecular weight is 1600 g/mol. The van der Waals surface area contributed by atoms with E-state index in [9.17, 15) is 61.0 Å². The van der Waals surface area contributed by atoms with E-state index in [1.54, 1.807) is 6.08 Å². The van der Waals surface area contributed by atoms with E-state index < -0.39 is 124 Å². The number of aliphatic hydroxyl groups excluding tert-OH is 11. The molecule has 17 unspecified atom stereocenters. The molecule has 0 aromatic rings. The van der Waals surface area contributed by atoms with Crippen LogP contribution in [0.5, 0.6) is 0 Å². The highest BCUT2D eigenvalue weighted by Gasteiger charge is 2.54. The zero-order valence-electron chi connectivity index (χ0n) is 71.7. The lowest BCUT2D eigenvalue weighted by atomic mass is 9.96. The Morgan fingerprint density at radius 3 is 0.893 bits per heavy atom. The minimum atomic E-state index is -1.98. The van der Waals surface area contributed by atoms with Gasteiger partial charge in [-0.25, -0.2) is 0 Å². The fourth-order valence-electron chi connectivity index (χ4n) is 16.5. The molecule has 0 aliphatic carbocycles. The van der Waals surface area contributed by atoms with Crippen LogP contribution in [0.4, 0.5) is 0 Å². The van der Waals surface area contributed by atoms with Gasteiger partial charge in [0.2, 0.25) is 5.91 Å². The highest BCUT2D eigenvalue weighted by Crippen LogP contribution is 2.34. The van der Waals surface area contributed by atoms with Gasteiger partial charge in [0.05, 0.1) is 38.6 Å². The number of hydrogen-bond acceptors (Lipinski definition) is 18. The first kappa shape index (κ1) is 104. The third-order valence-electron chi connectivity index (χ3n) is 24.0. The number of carbonyl (C=O) groups excluding carboxylic acids is 1. The minimum absolute atomic E-state index is 0.241. The van der Waals surface area contributed by atoms with Crippen molar-refractivity contribution >= 4 is 5.91 Å². The Morgan fingerprint density at radius 2 is 0.571 bits per heavy atom. The third-order valence-corrected chi connectivity index (χ3v) is 24.0. The fourth-order valence-corrected chi connectivity index (χ4v) is 16.5. The van der Waals surface area contributed by atoms with Crippen LogP contribution in [0.25, 0.3) is 0 Å². The molecule has 112 heavy (non-hydrogen) atoms. The normalized spacial score (nSPS) is 25.0. The van der Waals surface area contributed by atoms with Crippen molar-refractivity contribution in [2.45, 2.75) is 535 Å². The standard InChI is InChI=1S/C93H177NO18/c1-3-5-7-9-11-13-15-17-19-21-23-25-27-29-31-32-33-34-35-36-37-38-39-40-41-42-43-45-47-49-51-53-55-57-59-61-63-65-67-69-71-81(99)94-76(77(98)70-68-66-64-62-60-58-56-54-52-50-48-46-44-30-28-26-24-22-20-18-16-14-12-10-8-6-4-2)75-107-91-87(105)84(102)89(79(73-96)109-91)112-93-88(106)85(103)90(80(74-97)110-93)111-92-86(104)83(101)82(100)78(72-95)108-92/h60,62,68,70,76-80,82-93,95-98,100-106H,3-59,61,63-67,69,71-75H2,1-2H3,(H,94,99)/b62-60+,70-68+. The Hall–Kier alpha value is -1.73. The van der Waals surface area contributed by atoms with Crippen LogP contribution >= 0.6 is 0 Å². The summed E-state index contributed by atoms with van der Waals surface area (Å²) in [6, 6.07) is -0.990. The van der Waals surface area contributed by atoms with E-state index in [1.165, 1.54) is 360 Å². The molecule has 3 saturated heterocycles. The second kappa shape index (κ2) is 73.2. The maximum Gasteiger partial charge on any atom is 0.220 e. The fraction of sp³-hybridized carbons (Fsp3) is 0.946. The third kappa shape index (κ3) is 51.0. The summed E-state index contributed by atoms with van der Waals surface area (Å²) in [4.78, 5) is 13.5. The summed E-state index contributed by atoms with van der Waals surface area (Å²) in [5, 5.41) is 121. The molecular formula is C93H177NO18. The first-order valence-electron chi connectivity index (χ1n) is 47.6. The summed E-state index contributed by atoms with van der Waals surface area (Å²) >= 11 is 0. The predicted octanol–water partition coefficient (Wildman–Crippen LogP) is 18.8. The smallest absolute Gasteiger partial charge is 0.220 e. The summed E-state index contributed by atoms with van der Waals surface area (Å²) in [5.41, 5.74) is 0. The van der Waals surface area contributed by atoms with Crippen molar-refractivity contribution in [1.29, 1.82) is 0 Å². The van der Waals surface area contributed by atoms with Gasteiger partial charge >= 0.3 is 0 Å². The SMILES string of the molecule is CCCCCCCCCCCCCCCCCCCCCCC/C=C/CC/C=C/C(O)C(COC1OC(CO)C(OC2OC(CO)C(OC3OC(CO)C(O)C(O)C3O)C(O)C2O)C(O)C1O)NC(=O)CCCCCCCCCCCCCCCCCCCCCCCCCCCCCCCCCCCCCCCCCC. The quantitative estimate of drug-likeness (QED) is 0.0199. The Morgan fingerprint density at radius 1 is 0.312 bits per heavy atom. The molecule has 3 heterocycles. The highest BCUT2D eigenvalue weighted by molar-refractivity contribution is 5.76. The zero-order valence-corrected chi connectivity index (χ0v) is 71.7. The van der Waals surface area contributed by atoms with Gasteiger partial charge in [0.25, 0.3) is 0 Å². The van der Waals surface area contributed by atoms with Crippen LogP contribution in [0, 0.1) is 0 Å². The molecule has 17 atom stereocenters. The van der Waals surface area contributed by atoms with Crippen molar-refractivity contribution in [3.63, 3.8) is 0 Å². The van der Waals surface area contributed by atoms with E-state index in [1.807, 2.05) is 6.08 Å². The van der Waals surface area contributed by atoms with Crippen LogP contribution in [0.1, 0.15) is 431 Å². The average Bonchev–Trinajstić information content (AvgIpc) is 0.781. The van der Waals surface area contributed by atoms with Gasteiger partial charge < -0.3 is 89.9 Å². The molecule has 19 heteroatoms. The Balaban J connectivity index is 1.29. The summed E-state index contributed by atoms with van der Waals surface area (Å²) < 4.78 is 34.5. The molecule has 3 aliphatic heterocycles. The number of aliphatic hydroxyl groups is 11. The van der Waals surface area contributed by atoms with E-state index in [-0.39, 0.29) is 18.9 Å². The first-order chi connectivity index (χ1) is 54.8. The van der Waals surface area contributed by atoms with Crippen LogP contribution in [-0.4, -0.2) is 193 Å².